The van der Waals surface area contributed by atoms with Gasteiger partial charge in [0.25, 0.3) is 12.0 Å². The van der Waals surface area contributed by atoms with Crippen LogP contribution in [0, 0.1) is 11.6 Å². The molecular formula is C39H31ClF4N8O6S. The van der Waals surface area contributed by atoms with Gasteiger partial charge in [-0.3, -0.25) is 18.8 Å². The normalized spacial score (nSPS) is 12.3. The zero-order valence-corrected chi connectivity index (χ0v) is 32.4. The van der Waals surface area contributed by atoms with E-state index in [9.17, 15) is 40.7 Å². The number of fused-ring (bicyclic) bond motifs is 2. The summed E-state index contributed by atoms with van der Waals surface area (Å²) >= 11 is 6.69. The van der Waals surface area contributed by atoms with E-state index in [0.717, 1.165) is 34.5 Å². The smallest absolute Gasteiger partial charge is 0.405 e. The van der Waals surface area contributed by atoms with Gasteiger partial charge < -0.3 is 15.2 Å². The standard InChI is InChI=1S/C39H31ClF4N8O6S/c1-51-33-31(10-9-27(40)32(33)36(49-51)50-59(56,57)14-12-20-3-6-25(58-2)7-4-20)52-37(30(48-39(54)55)17-21-15-23(41)19-24(42)16-21)47-29-18-22(5-8-26(29)38(52)53)35-45-13-11-28(46-35)34(43)44/h3-11,13,15-16,18-19,30,34,48H,12,14,17H2,1-2H3,(H,49,50)(H,54,55)/t30-/m0/s1. The molecule has 1 amide bonds. The van der Waals surface area contributed by atoms with E-state index in [-0.39, 0.29) is 73.3 Å². The molecule has 7 aromatic rings. The molecule has 3 heterocycles. The number of nitrogens with one attached hydrogen (secondary N) is 2. The van der Waals surface area contributed by atoms with E-state index in [4.69, 9.17) is 21.3 Å². The number of sulfonamides is 1. The molecule has 0 aliphatic carbocycles. The Morgan fingerprint density at radius 2 is 1.69 bits per heavy atom. The van der Waals surface area contributed by atoms with Crippen LogP contribution in [0.15, 0.2) is 89.9 Å². The highest BCUT2D eigenvalue weighted by atomic mass is 35.5. The van der Waals surface area contributed by atoms with Crippen LogP contribution in [0.25, 0.3) is 38.9 Å². The van der Waals surface area contributed by atoms with E-state index < -0.39 is 57.9 Å². The summed E-state index contributed by atoms with van der Waals surface area (Å²) in [6, 6.07) is 16.0. The van der Waals surface area contributed by atoms with Crippen LogP contribution in [-0.2, 0) is 29.9 Å². The molecular weight excluding hydrogens is 820 g/mol. The molecule has 3 N–H and O–H groups in total. The average molecular weight is 851 g/mol. The van der Waals surface area contributed by atoms with E-state index in [1.807, 2.05) is 0 Å². The molecule has 0 aliphatic rings. The molecule has 14 nitrogen and oxygen atoms in total. The molecule has 0 bridgehead atoms. The summed E-state index contributed by atoms with van der Waals surface area (Å²) < 4.78 is 92.6. The molecule has 0 fully saturated rings. The lowest BCUT2D eigenvalue weighted by Crippen LogP contribution is -2.35. The lowest BCUT2D eigenvalue weighted by molar-refractivity contribution is 0.146. The fourth-order valence-electron chi connectivity index (χ4n) is 6.62. The Kier molecular flexibility index (Phi) is 11.2. The number of nitrogens with zero attached hydrogens (tertiary/aromatic N) is 6. The number of carboxylic acid groups (broad SMARTS) is 1. The van der Waals surface area contributed by atoms with Gasteiger partial charge >= 0.3 is 6.09 Å². The molecule has 20 heteroatoms. The van der Waals surface area contributed by atoms with Gasteiger partial charge in [0, 0.05) is 31.3 Å². The highest BCUT2D eigenvalue weighted by Crippen LogP contribution is 2.36. The van der Waals surface area contributed by atoms with Crippen molar-refractivity contribution in [1.29, 1.82) is 0 Å². The third-order valence-electron chi connectivity index (χ3n) is 9.25. The van der Waals surface area contributed by atoms with Gasteiger partial charge in [-0.2, -0.15) is 5.10 Å². The number of anilines is 1. The molecule has 0 unspecified atom stereocenters. The van der Waals surface area contributed by atoms with Crippen molar-refractivity contribution in [2.75, 3.05) is 17.6 Å². The van der Waals surface area contributed by atoms with Crippen LogP contribution in [0.1, 0.15) is 35.1 Å². The maximum atomic E-state index is 14.7. The number of rotatable bonds is 13. The summed E-state index contributed by atoms with van der Waals surface area (Å²) in [5.74, 6) is -2.17. The predicted octanol–water partition coefficient (Wildman–Crippen LogP) is 7.14. The van der Waals surface area contributed by atoms with E-state index >= 15 is 0 Å². The summed E-state index contributed by atoms with van der Waals surface area (Å²) in [5.41, 5.74) is -0.289. The largest absolute Gasteiger partial charge is 0.497 e. The topological polar surface area (TPSA) is 183 Å². The molecule has 3 aromatic heterocycles. The van der Waals surface area contributed by atoms with Gasteiger partial charge in [0.1, 0.15) is 28.9 Å². The number of amides is 1. The van der Waals surface area contributed by atoms with Crippen molar-refractivity contribution in [3.63, 3.8) is 0 Å². The molecule has 0 radical (unpaired) electrons. The van der Waals surface area contributed by atoms with Gasteiger partial charge in [-0.05, 0) is 72.1 Å². The number of aromatic nitrogens is 6. The van der Waals surface area contributed by atoms with Gasteiger partial charge in [-0.1, -0.05) is 29.8 Å². The van der Waals surface area contributed by atoms with Crippen molar-refractivity contribution in [3.05, 3.63) is 135 Å². The third-order valence-corrected chi connectivity index (χ3v) is 10.8. The number of hydrogen-bond donors (Lipinski definition) is 3. The highest BCUT2D eigenvalue weighted by Gasteiger charge is 2.28. The molecule has 0 spiro atoms. The Labute approximate surface area is 337 Å². The van der Waals surface area contributed by atoms with Crippen molar-refractivity contribution < 1.29 is 40.6 Å². The second-order valence-electron chi connectivity index (χ2n) is 13.2. The molecule has 4 aromatic carbocycles. The van der Waals surface area contributed by atoms with Crippen LogP contribution in [0.2, 0.25) is 5.02 Å². The maximum Gasteiger partial charge on any atom is 0.405 e. The van der Waals surface area contributed by atoms with Crippen molar-refractivity contribution in [3.8, 4) is 22.8 Å². The number of halogens is 5. The second kappa shape index (κ2) is 16.3. The molecule has 304 valence electrons. The monoisotopic (exact) mass is 850 g/mol. The summed E-state index contributed by atoms with van der Waals surface area (Å²) in [6.07, 6.45) is -3.61. The quantitative estimate of drug-likeness (QED) is 0.101. The molecule has 0 saturated heterocycles. The van der Waals surface area contributed by atoms with Crippen LogP contribution in [-0.4, -0.2) is 61.8 Å². The molecule has 0 saturated carbocycles. The van der Waals surface area contributed by atoms with Crippen molar-refractivity contribution >= 4 is 55.3 Å². The van der Waals surface area contributed by atoms with Crippen LogP contribution in [0.5, 0.6) is 5.75 Å². The number of ether oxygens (including phenoxy) is 1. The highest BCUT2D eigenvalue weighted by molar-refractivity contribution is 7.92. The number of aryl methyl sites for hydroxylation is 2. The van der Waals surface area contributed by atoms with E-state index in [0.29, 0.717) is 11.8 Å². The van der Waals surface area contributed by atoms with Crippen LogP contribution >= 0.6 is 11.6 Å². The molecule has 1 atom stereocenters. The first-order chi connectivity index (χ1) is 28.1. The van der Waals surface area contributed by atoms with Crippen molar-refractivity contribution in [2.24, 2.45) is 7.05 Å². The second-order valence-corrected chi connectivity index (χ2v) is 15.5. The number of benzene rings is 4. The summed E-state index contributed by atoms with van der Waals surface area (Å²) in [4.78, 5) is 39.7. The zero-order valence-electron chi connectivity index (χ0n) is 30.8. The van der Waals surface area contributed by atoms with Crippen LogP contribution < -0.4 is 20.3 Å². The molecule has 0 aliphatic heterocycles. The first-order valence-electron chi connectivity index (χ1n) is 17.5. The Balaban J connectivity index is 1.40. The van der Waals surface area contributed by atoms with Gasteiger partial charge in [-0.25, -0.2) is 45.7 Å². The number of methoxy groups -OCH3 is 1. The minimum Gasteiger partial charge on any atom is -0.497 e. The fraction of sp³-hybridized carbons (Fsp3) is 0.179. The zero-order chi connectivity index (χ0) is 42.2. The fourth-order valence-corrected chi connectivity index (χ4v) is 7.90. The van der Waals surface area contributed by atoms with Gasteiger partial charge in [0.05, 0.1) is 51.4 Å². The molecule has 59 heavy (non-hydrogen) atoms. The Morgan fingerprint density at radius 1 is 0.966 bits per heavy atom. The summed E-state index contributed by atoms with van der Waals surface area (Å²) in [7, 11) is -1.07. The van der Waals surface area contributed by atoms with Crippen LogP contribution in [0.3, 0.4) is 0 Å². The van der Waals surface area contributed by atoms with Crippen molar-refractivity contribution in [1.82, 2.24) is 34.6 Å². The number of hydrogen-bond acceptors (Lipinski definition) is 9. The SMILES string of the molecule is COc1ccc(CCS(=O)(=O)Nc2nn(C)c3c(-n4c([C@H](Cc5cc(F)cc(F)c5)NC(=O)O)nc5cc(-c6nccc(C(F)F)n6)ccc5c4=O)ccc(Cl)c23)cc1. The van der Waals surface area contributed by atoms with Gasteiger partial charge in [0.2, 0.25) is 10.0 Å². The van der Waals surface area contributed by atoms with Crippen molar-refractivity contribution in [2.45, 2.75) is 25.3 Å². The van der Waals surface area contributed by atoms with E-state index in [2.05, 4.69) is 25.1 Å². The lowest BCUT2D eigenvalue weighted by atomic mass is 10.0. The van der Waals surface area contributed by atoms with Gasteiger partial charge in [-0.15, -0.1) is 0 Å². The Hall–Kier alpha value is -6.60. The maximum absolute atomic E-state index is 14.7. The van der Waals surface area contributed by atoms with E-state index in [1.54, 1.807) is 24.3 Å². The Bertz CT molecular complexity index is 2910. The third kappa shape index (κ3) is 8.65. The number of alkyl halides is 2. The summed E-state index contributed by atoms with van der Waals surface area (Å²) in [6.45, 7) is 0. The number of carbonyl (C=O) groups is 1. The minimum absolute atomic E-state index is 0.00114. The summed E-state index contributed by atoms with van der Waals surface area (Å²) in [5, 5.41) is 16.8. The first kappa shape index (κ1) is 40.6. The Morgan fingerprint density at radius 3 is 2.37 bits per heavy atom. The van der Waals surface area contributed by atoms with Gasteiger partial charge in [0.15, 0.2) is 11.6 Å². The predicted molar refractivity (Wildman–Crippen MR) is 211 cm³/mol. The minimum atomic E-state index is -4.05. The lowest BCUT2D eigenvalue weighted by Gasteiger charge is -2.23. The average Bonchev–Trinajstić information content (AvgIpc) is 3.51. The van der Waals surface area contributed by atoms with E-state index in [1.165, 1.54) is 49.2 Å². The van der Waals surface area contributed by atoms with Crippen LogP contribution in [0.4, 0.5) is 28.2 Å². The first-order valence-corrected chi connectivity index (χ1v) is 19.6. The molecule has 7 rings (SSSR count).